The van der Waals surface area contributed by atoms with E-state index in [0.29, 0.717) is 0 Å². The normalized spacial score (nSPS) is 13.2. The zero-order valence-electron chi connectivity index (χ0n) is 11.3. The maximum Gasteiger partial charge on any atom is 0.243 e. The highest BCUT2D eigenvalue weighted by Crippen LogP contribution is 2.18. The predicted molar refractivity (Wildman–Crippen MR) is 70.8 cm³/mol. The summed E-state index contributed by atoms with van der Waals surface area (Å²) in [5.41, 5.74) is 0.896. The molecule has 0 aliphatic rings. The van der Waals surface area contributed by atoms with E-state index in [0.717, 1.165) is 5.56 Å². The molecule has 0 saturated carbocycles. The lowest BCUT2D eigenvalue weighted by molar-refractivity contribution is -0.131. The lowest BCUT2D eigenvalue weighted by Crippen LogP contribution is -2.45. The molecule has 0 bridgehead atoms. The van der Waals surface area contributed by atoms with Gasteiger partial charge in [-0.05, 0) is 26.3 Å². The molecule has 0 aliphatic heterocycles. The van der Waals surface area contributed by atoms with Crippen molar-refractivity contribution in [1.29, 1.82) is 0 Å². The van der Waals surface area contributed by atoms with Crippen molar-refractivity contribution in [2.75, 3.05) is 14.1 Å². The molecule has 1 N–H and O–H groups in total. The van der Waals surface area contributed by atoms with Crippen LogP contribution >= 0.6 is 0 Å². The van der Waals surface area contributed by atoms with Crippen molar-refractivity contribution in [1.82, 2.24) is 10.2 Å². The van der Waals surface area contributed by atoms with Gasteiger partial charge in [0, 0.05) is 19.6 Å². The number of carbonyl (C=O) groups excluding carboxylic acids is 1. The topological polar surface area (TPSA) is 32.3 Å². The van der Waals surface area contributed by atoms with Crippen molar-refractivity contribution in [3.63, 3.8) is 0 Å². The van der Waals surface area contributed by atoms with Crippen LogP contribution in [0.5, 0.6) is 0 Å². The Morgan fingerprint density at radius 3 is 2.12 bits per heavy atom. The molecule has 1 unspecified atom stereocenters. The lowest BCUT2D eigenvalue weighted by Gasteiger charge is -2.29. The molecule has 1 aromatic carbocycles. The fraction of sp³-hybridized carbons (Fsp3) is 0.500. The van der Waals surface area contributed by atoms with Gasteiger partial charge < -0.3 is 4.90 Å². The Bertz CT molecular complexity index is 366. The average molecular weight is 234 g/mol. The van der Waals surface area contributed by atoms with Gasteiger partial charge >= 0.3 is 0 Å². The minimum atomic E-state index is -0.286. The van der Waals surface area contributed by atoms with E-state index in [4.69, 9.17) is 0 Å². The van der Waals surface area contributed by atoms with Crippen LogP contribution in [0.25, 0.3) is 0 Å². The lowest BCUT2D eigenvalue weighted by atomic mass is 10.0. The summed E-state index contributed by atoms with van der Waals surface area (Å²) in [5.74, 6) is 0.0751. The van der Waals surface area contributed by atoms with Crippen LogP contribution in [0.2, 0.25) is 0 Å². The van der Waals surface area contributed by atoms with Crippen LogP contribution in [0, 0.1) is 0 Å². The van der Waals surface area contributed by atoms with E-state index in [1.807, 2.05) is 30.3 Å². The standard InChI is InChI=1S/C14H22N2O/c1-14(2,3)15-12(13(17)16(4)5)11-9-7-6-8-10-11/h6-10,12,15H,1-5H3. The van der Waals surface area contributed by atoms with E-state index < -0.39 is 0 Å². The molecule has 94 valence electrons. The van der Waals surface area contributed by atoms with Crippen LogP contribution < -0.4 is 5.32 Å². The molecule has 0 fully saturated rings. The molecule has 17 heavy (non-hydrogen) atoms. The first-order valence-electron chi connectivity index (χ1n) is 5.85. The van der Waals surface area contributed by atoms with Crippen LogP contribution in [0.3, 0.4) is 0 Å². The smallest absolute Gasteiger partial charge is 0.243 e. The van der Waals surface area contributed by atoms with Crippen molar-refractivity contribution < 1.29 is 4.79 Å². The van der Waals surface area contributed by atoms with Crippen molar-refractivity contribution in [3.05, 3.63) is 35.9 Å². The second-order valence-corrected chi connectivity index (χ2v) is 5.47. The molecule has 0 heterocycles. The SMILES string of the molecule is CN(C)C(=O)C(NC(C)(C)C)c1ccccc1. The van der Waals surface area contributed by atoms with Gasteiger partial charge in [0.05, 0.1) is 0 Å². The van der Waals surface area contributed by atoms with Gasteiger partial charge in [-0.1, -0.05) is 30.3 Å². The molecule has 0 aliphatic carbocycles. The van der Waals surface area contributed by atoms with E-state index >= 15 is 0 Å². The Balaban J connectivity index is 2.99. The number of benzene rings is 1. The largest absolute Gasteiger partial charge is 0.347 e. The second kappa shape index (κ2) is 5.32. The number of nitrogens with one attached hydrogen (secondary N) is 1. The van der Waals surface area contributed by atoms with Gasteiger partial charge in [0.2, 0.25) is 5.91 Å². The Morgan fingerprint density at radius 2 is 1.71 bits per heavy atom. The van der Waals surface area contributed by atoms with Gasteiger partial charge in [0.15, 0.2) is 0 Å². The molecule has 1 atom stereocenters. The molecule has 0 radical (unpaired) electrons. The highest BCUT2D eigenvalue weighted by atomic mass is 16.2. The summed E-state index contributed by atoms with van der Waals surface area (Å²) in [6.45, 7) is 6.18. The Morgan fingerprint density at radius 1 is 1.18 bits per heavy atom. The maximum atomic E-state index is 12.2. The number of likely N-dealkylation sites (N-methyl/N-ethyl adjacent to an activating group) is 1. The first-order valence-corrected chi connectivity index (χ1v) is 5.85. The molecule has 1 amide bonds. The zero-order chi connectivity index (χ0) is 13.1. The summed E-state index contributed by atoms with van der Waals surface area (Å²) in [7, 11) is 3.56. The summed E-state index contributed by atoms with van der Waals surface area (Å²) in [6, 6.07) is 9.53. The molecule has 0 aromatic heterocycles. The second-order valence-electron chi connectivity index (χ2n) is 5.47. The number of amides is 1. The first kappa shape index (κ1) is 13.7. The summed E-state index contributed by atoms with van der Waals surface area (Å²) in [5, 5.41) is 3.36. The van der Waals surface area contributed by atoms with Crippen LogP contribution in [-0.4, -0.2) is 30.4 Å². The van der Waals surface area contributed by atoms with Crippen LogP contribution in [0.1, 0.15) is 32.4 Å². The average Bonchev–Trinajstić information content (AvgIpc) is 2.25. The van der Waals surface area contributed by atoms with Crippen LogP contribution in [0.4, 0.5) is 0 Å². The fourth-order valence-corrected chi connectivity index (χ4v) is 1.62. The highest BCUT2D eigenvalue weighted by molar-refractivity contribution is 5.82. The van der Waals surface area contributed by atoms with E-state index in [1.54, 1.807) is 19.0 Å². The molecule has 3 heteroatoms. The summed E-state index contributed by atoms with van der Waals surface area (Å²) in [6.07, 6.45) is 0. The molecule has 1 aromatic rings. The quantitative estimate of drug-likeness (QED) is 0.869. The monoisotopic (exact) mass is 234 g/mol. The van der Waals surface area contributed by atoms with Crippen molar-refractivity contribution in [2.45, 2.75) is 32.4 Å². The number of carbonyl (C=O) groups is 1. The predicted octanol–water partition coefficient (Wildman–Crippen LogP) is 2.20. The third kappa shape index (κ3) is 4.19. The summed E-state index contributed by atoms with van der Waals surface area (Å²) >= 11 is 0. The molecule has 1 rings (SSSR count). The van der Waals surface area contributed by atoms with E-state index in [2.05, 4.69) is 26.1 Å². The Hall–Kier alpha value is -1.35. The third-order valence-corrected chi connectivity index (χ3v) is 2.40. The first-order chi connectivity index (χ1) is 7.81. The highest BCUT2D eigenvalue weighted by Gasteiger charge is 2.26. The Labute approximate surface area is 104 Å². The van der Waals surface area contributed by atoms with Gasteiger partial charge in [-0.25, -0.2) is 0 Å². The van der Waals surface area contributed by atoms with Gasteiger partial charge in [-0.15, -0.1) is 0 Å². The summed E-state index contributed by atoms with van der Waals surface area (Å²) < 4.78 is 0. The number of hydrogen-bond acceptors (Lipinski definition) is 2. The molecule has 0 saturated heterocycles. The molecular weight excluding hydrogens is 212 g/mol. The van der Waals surface area contributed by atoms with E-state index in [9.17, 15) is 4.79 Å². The third-order valence-electron chi connectivity index (χ3n) is 2.40. The van der Waals surface area contributed by atoms with Crippen molar-refractivity contribution in [3.8, 4) is 0 Å². The Kier molecular flexibility index (Phi) is 4.29. The van der Waals surface area contributed by atoms with Gasteiger partial charge in [-0.2, -0.15) is 0 Å². The van der Waals surface area contributed by atoms with Crippen LogP contribution in [0.15, 0.2) is 30.3 Å². The van der Waals surface area contributed by atoms with Gasteiger partial charge in [0.1, 0.15) is 6.04 Å². The minimum Gasteiger partial charge on any atom is -0.347 e. The fourth-order valence-electron chi connectivity index (χ4n) is 1.62. The van der Waals surface area contributed by atoms with E-state index in [-0.39, 0.29) is 17.5 Å². The number of hydrogen-bond donors (Lipinski definition) is 1. The van der Waals surface area contributed by atoms with Gasteiger partial charge in [0.25, 0.3) is 0 Å². The zero-order valence-corrected chi connectivity index (χ0v) is 11.3. The molecule has 0 spiro atoms. The van der Waals surface area contributed by atoms with Gasteiger partial charge in [-0.3, -0.25) is 10.1 Å². The van der Waals surface area contributed by atoms with Crippen LogP contribution in [-0.2, 0) is 4.79 Å². The molecule has 3 nitrogen and oxygen atoms in total. The van der Waals surface area contributed by atoms with Crippen molar-refractivity contribution in [2.24, 2.45) is 0 Å². The van der Waals surface area contributed by atoms with Crippen molar-refractivity contribution >= 4 is 5.91 Å². The summed E-state index contributed by atoms with van der Waals surface area (Å²) in [4.78, 5) is 13.8. The maximum absolute atomic E-state index is 12.2. The van der Waals surface area contributed by atoms with E-state index in [1.165, 1.54) is 0 Å². The molecular formula is C14H22N2O. The minimum absolute atomic E-state index is 0.0751. The number of nitrogens with zero attached hydrogens (tertiary/aromatic N) is 1. The number of rotatable bonds is 3.